The SMILES string of the molecule is C=Cc1ccc(C#C/C(C)=C/C=C(\C)CN)cc1. The van der Waals surface area contributed by atoms with E-state index in [-0.39, 0.29) is 0 Å². The van der Waals surface area contributed by atoms with E-state index in [2.05, 4.69) is 18.4 Å². The first-order valence-electron chi connectivity index (χ1n) is 5.94. The Balaban J connectivity index is 2.78. The maximum absolute atomic E-state index is 5.51. The number of nitrogens with two attached hydrogens (primary N) is 1. The third-order valence-corrected chi connectivity index (χ3v) is 2.49. The van der Waals surface area contributed by atoms with Crippen molar-refractivity contribution in [2.24, 2.45) is 5.73 Å². The van der Waals surface area contributed by atoms with Gasteiger partial charge in [-0.05, 0) is 37.1 Å². The average molecular weight is 237 g/mol. The van der Waals surface area contributed by atoms with Gasteiger partial charge >= 0.3 is 0 Å². The summed E-state index contributed by atoms with van der Waals surface area (Å²) in [6.07, 6.45) is 5.82. The van der Waals surface area contributed by atoms with Crippen LogP contribution >= 0.6 is 0 Å². The van der Waals surface area contributed by atoms with E-state index in [1.807, 2.05) is 56.3 Å². The molecule has 0 aliphatic heterocycles. The standard InChI is InChI=1S/C17H19N/c1-4-16-9-11-17(12-10-16)8-7-14(2)5-6-15(3)13-18/h4-6,9-12H,1,13,18H2,2-3H3/b14-5+,15-6+. The van der Waals surface area contributed by atoms with Crippen LogP contribution in [0, 0.1) is 11.8 Å². The number of benzene rings is 1. The number of hydrogen-bond donors (Lipinski definition) is 1. The van der Waals surface area contributed by atoms with Crippen LogP contribution in [-0.4, -0.2) is 6.54 Å². The molecule has 0 aromatic heterocycles. The molecule has 0 fully saturated rings. The molecular weight excluding hydrogens is 218 g/mol. The molecule has 0 bridgehead atoms. The highest BCUT2D eigenvalue weighted by Crippen LogP contribution is 2.04. The van der Waals surface area contributed by atoms with Gasteiger partial charge in [-0.3, -0.25) is 0 Å². The molecule has 0 unspecified atom stereocenters. The second-order valence-electron chi connectivity index (χ2n) is 4.14. The van der Waals surface area contributed by atoms with Crippen LogP contribution in [0.3, 0.4) is 0 Å². The lowest BCUT2D eigenvalue weighted by Crippen LogP contribution is -1.98. The summed E-state index contributed by atoms with van der Waals surface area (Å²) in [4.78, 5) is 0. The summed E-state index contributed by atoms with van der Waals surface area (Å²) in [6, 6.07) is 8.01. The van der Waals surface area contributed by atoms with Crippen molar-refractivity contribution >= 4 is 6.08 Å². The molecule has 0 radical (unpaired) electrons. The molecule has 1 nitrogen and oxygen atoms in total. The maximum Gasteiger partial charge on any atom is 0.0249 e. The van der Waals surface area contributed by atoms with E-state index >= 15 is 0 Å². The molecule has 1 aromatic carbocycles. The van der Waals surface area contributed by atoms with Crippen molar-refractivity contribution in [1.82, 2.24) is 0 Å². The molecule has 0 atom stereocenters. The minimum absolute atomic E-state index is 0.584. The molecular formula is C17H19N. The second-order valence-corrected chi connectivity index (χ2v) is 4.14. The lowest BCUT2D eigenvalue weighted by atomic mass is 10.1. The van der Waals surface area contributed by atoms with E-state index in [0.717, 1.165) is 22.3 Å². The summed E-state index contributed by atoms with van der Waals surface area (Å²) >= 11 is 0. The zero-order chi connectivity index (χ0) is 13.4. The Morgan fingerprint density at radius 1 is 1.22 bits per heavy atom. The van der Waals surface area contributed by atoms with Crippen molar-refractivity contribution in [3.63, 3.8) is 0 Å². The van der Waals surface area contributed by atoms with Crippen molar-refractivity contribution < 1.29 is 0 Å². The van der Waals surface area contributed by atoms with Gasteiger partial charge in [-0.1, -0.05) is 54.4 Å². The van der Waals surface area contributed by atoms with Crippen LogP contribution in [0.15, 0.2) is 54.1 Å². The van der Waals surface area contributed by atoms with Crippen molar-refractivity contribution in [3.05, 3.63) is 65.3 Å². The highest BCUT2D eigenvalue weighted by atomic mass is 14.5. The first kappa shape index (κ1) is 14.0. The van der Waals surface area contributed by atoms with Crippen molar-refractivity contribution in [2.75, 3.05) is 6.54 Å². The fourth-order valence-electron chi connectivity index (χ4n) is 1.25. The maximum atomic E-state index is 5.51. The molecule has 1 rings (SSSR count). The quantitative estimate of drug-likeness (QED) is 0.631. The third-order valence-electron chi connectivity index (χ3n) is 2.49. The monoisotopic (exact) mass is 237 g/mol. The Morgan fingerprint density at radius 3 is 2.44 bits per heavy atom. The highest BCUT2D eigenvalue weighted by Gasteiger charge is 1.87. The number of hydrogen-bond acceptors (Lipinski definition) is 1. The number of rotatable bonds is 3. The van der Waals surface area contributed by atoms with Crippen LogP contribution in [0.2, 0.25) is 0 Å². The van der Waals surface area contributed by atoms with Gasteiger partial charge in [-0.25, -0.2) is 0 Å². The molecule has 1 heteroatoms. The Labute approximate surface area is 110 Å². The first-order valence-corrected chi connectivity index (χ1v) is 5.94. The Kier molecular flexibility index (Phi) is 5.70. The van der Waals surface area contributed by atoms with Gasteiger partial charge in [-0.15, -0.1) is 0 Å². The van der Waals surface area contributed by atoms with Gasteiger partial charge < -0.3 is 5.73 Å². The van der Waals surface area contributed by atoms with Gasteiger partial charge in [0.15, 0.2) is 0 Å². The van der Waals surface area contributed by atoms with Crippen molar-refractivity contribution in [2.45, 2.75) is 13.8 Å². The van der Waals surface area contributed by atoms with Gasteiger partial charge in [0.1, 0.15) is 0 Å². The minimum atomic E-state index is 0.584. The van der Waals surface area contributed by atoms with E-state index in [9.17, 15) is 0 Å². The van der Waals surface area contributed by atoms with E-state index in [4.69, 9.17) is 5.73 Å². The van der Waals surface area contributed by atoms with Gasteiger partial charge in [-0.2, -0.15) is 0 Å². The molecule has 2 N–H and O–H groups in total. The van der Waals surface area contributed by atoms with Crippen LogP contribution < -0.4 is 5.73 Å². The Morgan fingerprint density at radius 2 is 1.89 bits per heavy atom. The summed E-state index contributed by atoms with van der Waals surface area (Å²) in [5.74, 6) is 6.24. The minimum Gasteiger partial charge on any atom is -0.327 e. The Bertz CT molecular complexity index is 519. The zero-order valence-electron chi connectivity index (χ0n) is 11.0. The molecule has 92 valence electrons. The first-order chi connectivity index (χ1) is 8.65. The highest BCUT2D eigenvalue weighted by molar-refractivity contribution is 5.50. The molecule has 1 aromatic rings. The molecule has 0 aliphatic carbocycles. The van der Waals surface area contributed by atoms with E-state index in [1.165, 1.54) is 0 Å². The summed E-state index contributed by atoms with van der Waals surface area (Å²) in [6.45, 7) is 8.30. The van der Waals surface area contributed by atoms with Gasteiger partial charge in [0.05, 0.1) is 0 Å². The topological polar surface area (TPSA) is 26.0 Å². The molecule has 0 saturated carbocycles. The molecule has 0 aliphatic rings. The fourth-order valence-corrected chi connectivity index (χ4v) is 1.25. The van der Waals surface area contributed by atoms with Crippen LogP contribution in [-0.2, 0) is 0 Å². The predicted molar refractivity (Wildman–Crippen MR) is 80.0 cm³/mol. The number of allylic oxidation sites excluding steroid dienone is 3. The molecule has 0 amide bonds. The lowest BCUT2D eigenvalue weighted by molar-refractivity contribution is 1.14. The second kappa shape index (κ2) is 7.32. The zero-order valence-corrected chi connectivity index (χ0v) is 11.0. The largest absolute Gasteiger partial charge is 0.327 e. The van der Waals surface area contributed by atoms with E-state index < -0.39 is 0 Å². The van der Waals surface area contributed by atoms with Crippen molar-refractivity contribution in [3.8, 4) is 11.8 Å². The van der Waals surface area contributed by atoms with Gasteiger partial charge in [0.2, 0.25) is 0 Å². The fraction of sp³-hybridized carbons (Fsp3) is 0.176. The smallest absolute Gasteiger partial charge is 0.0249 e. The van der Waals surface area contributed by atoms with E-state index in [1.54, 1.807) is 0 Å². The van der Waals surface area contributed by atoms with Crippen LogP contribution in [0.25, 0.3) is 6.08 Å². The van der Waals surface area contributed by atoms with Gasteiger partial charge in [0, 0.05) is 12.1 Å². The Hall–Kier alpha value is -2.04. The predicted octanol–water partition coefficient (Wildman–Crippen LogP) is 3.53. The molecule has 0 saturated heterocycles. The lowest BCUT2D eigenvalue weighted by Gasteiger charge is -1.93. The molecule has 0 spiro atoms. The normalized spacial score (nSPS) is 11.7. The van der Waals surface area contributed by atoms with Crippen LogP contribution in [0.4, 0.5) is 0 Å². The summed E-state index contributed by atoms with van der Waals surface area (Å²) in [7, 11) is 0. The molecule has 18 heavy (non-hydrogen) atoms. The average Bonchev–Trinajstić information content (AvgIpc) is 2.42. The summed E-state index contributed by atoms with van der Waals surface area (Å²) < 4.78 is 0. The summed E-state index contributed by atoms with van der Waals surface area (Å²) in [5, 5.41) is 0. The van der Waals surface area contributed by atoms with E-state index in [0.29, 0.717) is 6.54 Å². The summed E-state index contributed by atoms with van der Waals surface area (Å²) in [5.41, 5.74) is 9.79. The van der Waals surface area contributed by atoms with Gasteiger partial charge in [0.25, 0.3) is 0 Å². The third kappa shape index (κ3) is 4.86. The van der Waals surface area contributed by atoms with Crippen LogP contribution in [0.1, 0.15) is 25.0 Å². The van der Waals surface area contributed by atoms with Crippen molar-refractivity contribution in [1.29, 1.82) is 0 Å². The van der Waals surface area contributed by atoms with Crippen LogP contribution in [0.5, 0.6) is 0 Å². The molecule has 0 heterocycles.